The Hall–Kier alpha value is -2.09. The monoisotopic (exact) mass is 1020 g/mol. The third kappa shape index (κ3) is 14.4. The number of esters is 1. The lowest BCUT2D eigenvalue weighted by atomic mass is 9.81. The van der Waals surface area contributed by atoms with Crippen LogP contribution in [-0.2, 0) is 51.7 Å². The molecule has 1 saturated carbocycles. The van der Waals surface area contributed by atoms with E-state index in [1.165, 1.54) is 4.90 Å². The number of amides is 1. The van der Waals surface area contributed by atoms with Gasteiger partial charge in [-0.15, -0.1) is 0 Å². The number of aliphatic hydroxyl groups is 1. The summed E-state index contributed by atoms with van der Waals surface area (Å²) in [6.45, 7) is 34.2. The van der Waals surface area contributed by atoms with Gasteiger partial charge in [0, 0.05) is 52.0 Å². The topological polar surface area (TPSA) is 156 Å². The minimum Gasteiger partial charge on any atom is -0.456 e. The summed E-state index contributed by atoms with van der Waals surface area (Å²) in [4.78, 5) is 60.3. The number of methoxy groups -OCH3 is 3. The quantitative estimate of drug-likeness (QED) is 0.0958. The maximum Gasteiger partial charge on any atom is 0.329 e. The first-order valence-electron chi connectivity index (χ1n) is 26.6. The molecule has 2 bridgehead atoms. The van der Waals surface area contributed by atoms with Gasteiger partial charge in [0.15, 0.2) is 16.6 Å². The van der Waals surface area contributed by atoms with Gasteiger partial charge in [0.2, 0.25) is 5.79 Å². The van der Waals surface area contributed by atoms with Crippen molar-refractivity contribution in [2.45, 2.75) is 245 Å². The maximum absolute atomic E-state index is 15.0. The summed E-state index contributed by atoms with van der Waals surface area (Å²) in [6, 6.07) is -1.10. The molecule has 13 nitrogen and oxygen atoms in total. The highest BCUT2D eigenvalue weighted by atomic mass is 28.4. The van der Waals surface area contributed by atoms with Gasteiger partial charge < -0.3 is 42.5 Å². The Balaban J connectivity index is 1.87. The number of carbonyl (C=O) groups excluding carboxylic acids is 4. The molecule has 0 aromatic carbocycles. The summed E-state index contributed by atoms with van der Waals surface area (Å²) in [6.07, 6.45) is 6.65. The van der Waals surface area contributed by atoms with Crippen LogP contribution in [0.2, 0.25) is 36.3 Å². The fourth-order valence-corrected chi connectivity index (χ4v) is 13.5. The van der Waals surface area contributed by atoms with Gasteiger partial charge in [0.05, 0.1) is 30.5 Å². The minimum absolute atomic E-state index is 0.0335. The minimum atomic E-state index is -2.54. The van der Waals surface area contributed by atoms with Crippen LogP contribution in [0.25, 0.3) is 0 Å². The van der Waals surface area contributed by atoms with Crippen molar-refractivity contribution in [1.82, 2.24) is 4.90 Å². The molecule has 0 spiro atoms. The smallest absolute Gasteiger partial charge is 0.329 e. The van der Waals surface area contributed by atoms with Crippen molar-refractivity contribution in [3.63, 3.8) is 0 Å². The van der Waals surface area contributed by atoms with Crippen molar-refractivity contribution in [2.24, 2.45) is 29.6 Å². The lowest BCUT2D eigenvalue weighted by Gasteiger charge is -2.47. The van der Waals surface area contributed by atoms with E-state index in [0.717, 1.165) is 30.4 Å². The Morgan fingerprint density at radius 3 is 1.93 bits per heavy atom. The number of Topliss-reactive ketones (excluding diaryl/α,β-unsaturated/α-hetero) is 2. The standard InChI is InChI=1S/C55H97NO12Si2/c1-20-40-28-34(2)27-35(3)29-46(63-14)49-47(64-15)31-37(5)55(61,66-49)50(58)51(59)56-26-22-21-23-41(56)52(60)65-48(38(6)44(33-42(40)57)68-70(18,19)54(10,11)12)36(4)30-39-24-25-43(45(32-39)62-13)67-69(16,17)53(7,8)9/h28,30,35,37-41,43-49,61H,20-27,29,31-33H2,1-19H3/b34-28+,36-30+/t35-,37+,38+,39?,40+,41-,43+,44-,45+,46?,47-,48+,49+,55+/m0/s1. The molecule has 3 fully saturated rings. The van der Waals surface area contributed by atoms with Gasteiger partial charge in [-0.2, -0.15) is 0 Å². The molecule has 1 aliphatic carbocycles. The van der Waals surface area contributed by atoms with Crippen LogP contribution in [0.4, 0.5) is 0 Å². The molecule has 70 heavy (non-hydrogen) atoms. The maximum atomic E-state index is 15.0. The molecule has 402 valence electrons. The number of fused-ring (bicyclic) bond motifs is 3. The molecule has 2 saturated heterocycles. The van der Waals surface area contributed by atoms with Crippen molar-refractivity contribution in [3.05, 3.63) is 23.3 Å². The van der Waals surface area contributed by atoms with Crippen LogP contribution in [0.15, 0.2) is 23.3 Å². The van der Waals surface area contributed by atoms with E-state index in [4.69, 9.17) is 32.5 Å². The zero-order chi connectivity index (χ0) is 52.9. The van der Waals surface area contributed by atoms with Gasteiger partial charge in [-0.05, 0) is 132 Å². The predicted octanol–water partition coefficient (Wildman–Crippen LogP) is 10.5. The number of hydrogen-bond acceptors (Lipinski definition) is 12. The number of cyclic esters (lactones) is 1. The highest BCUT2D eigenvalue weighted by Crippen LogP contribution is 2.44. The number of ether oxygens (including phenoxy) is 5. The van der Waals surface area contributed by atoms with E-state index in [1.807, 2.05) is 20.8 Å². The van der Waals surface area contributed by atoms with Crippen molar-refractivity contribution < 1.29 is 56.8 Å². The summed E-state index contributed by atoms with van der Waals surface area (Å²) in [5.41, 5.74) is 1.88. The molecule has 15 heteroatoms. The second-order valence-electron chi connectivity index (χ2n) is 24.9. The normalized spacial score (nSPS) is 36.7. The van der Waals surface area contributed by atoms with E-state index in [0.29, 0.717) is 32.1 Å². The Bertz CT molecular complexity index is 1850. The molecular formula is C55H97NO12Si2. The summed E-state index contributed by atoms with van der Waals surface area (Å²) in [7, 11) is 0.260. The van der Waals surface area contributed by atoms with Crippen molar-refractivity contribution in [3.8, 4) is 0 Å². The molecule has 3 heterocycles. The van der Waals surface area contributed by atoms with E-state index >= 15 is 4.79 Å². The molecule has 1 N–H and O–H groups in total. The molecule has 4 rings (SSSR count). The van der Waals surface area contributed by atoms with Gasteiger partial charge in [0.25, 0.3) is 11.7 Å². The molecule has 4 aliphatic rings. The van der Waals surface area contributed by atoms with E-state index in [9.17, 15) is 19.5 Å². The van der Waals surface area contributed by atoms with Crippen molar-refractivity contribution >= 4 is 40.1 Å². The number of ketones is 2. The third-order valence-corrected chi connectivity index (χ3v) is 26.4. The van der Waals surface area contributed by atoms with E-state index in [-0.39, 0.29) is 71.6 Å². The van der Waals surface area contributed by atoms with Crippen molar-refractivity contribution in [2.75, 3.05) is 27.9 Å². The average Bonchev–Trinajstić information content (AvgIpc) is 3.27. The SMILES string of the molecule is CC[C@@H]1/C=C(\C)C[C@H](C)CC(OC)[C@H]2O[C@@](O)(C(=O)C(=O)N3CCCC[C@H]3C(=O)O[C@H](/C(C)=C/C3CC[C@@H](O[Si](C)(C)C(C)(C)C)[C@H](OC)C3)[C@H](C)[C@@H](O[Si](C)(C)C(C)(C)C)CC1=O)[C@H](C)C[C@@H]2OC. The van der Waals surface area contributed by atoms with Crippen molar-refractivity contribution in [1.29, 1.82) is 0 Å². The number of rotatable bonds is 10. The fraction of sp³-hybridized carbons (Fsp3) is 0.855. The summed E-state index contributed by atoms with van der Waals surface area (Å²) >= 11 is 0. The first-order valence-corrected chi connectivity index (χ1v) is 32.5. The van der Waals surface area contributed by atoms with Crippen LogP contribution in [0, 0.1) is 29.6 Å². The molecule has 3 aliphatic heterocycles. The molecule has 1 amide bonds. The van der Waals surface area contributed by atoms with Gasteiger partial charge in [-0.3, -0.25) is 14.4 Å². The van der Waals surface area contributed by atoms with Gasteiger partial charge in [0.1, 0.15) is 24.0 Å². The van der Waals surface area contributed by atoms with E-state index in [2.05, 4.69) is 93.7 Å². The van der Waals surface area contributed by atoms with Crippen LogP contribution in [0.1, 0.15) is 154 Å². The van der Waals surface area contributed by atoms with Gasteiger partial charge in [-0.1, -0.05) is 87.0 Å². The van der Waals surface area contributed by atoms with Crippen LogP contribution in [-0.4, -0.2) is 133 Å². The zero-order valence-electron chi connectivity index (χ0n) is 47.0. The molecule has 2 unspecified atom stereocenters. The molecular weight excluding hydrogens is 923 g/mol. The second-order valence-corrected chi connectivity index (χ2v) is 34.4. The molecule has 0 aromatic heterocycles. The Kier molecular flexibility index (Phi) is 21.2. The number of allylic oxidation sites excluding steroid dienone is 3. The highest BCUT2D eigenvalue weighted by Gasteiger charge is 2.57. The van der Waals surface area contributed by atoms with Gasteiger partial charge >= 0.3 is 5.97 Å². The number of carbonyl (C=O) groups is 4. The summed E-state index contributed by atoms with van der Waals surface area (Å²) in [5.74, 6) is -6.72. The first-order chi connectivity index (χ1) is 32.4. The lowest BCUT2D eigenvalue weighted by Crippen LogP contribution is -2.64. The zero-order valence-corrected chi connectivity index (χ0v) is 49.0. The highest BCUT2D eigenvalue weighted by molar-refractivity contribution is 6.74. The van der Waals surface area contributed by atoms with Crippen LogP contribution in [0.3, 0.4) is 0 Å². The molecule has 0 aromatic rings. The largest absolute Gasteiger partial charge is 0.456 e. The van der Waals surface area contributed by atoms with E-state index in [1.54, 1.807) is 28.3 Å². The fourth-order valence-electron chi connectivity index (χ4n) is 10.8. The lowest BCUT2D eigenvalue weighted by molar-refractivity contribution is -0.302. The number of nitrogens with zero attached hydrogens (tertiary/aromatic N) is 1. The second kappa shape index (κ2) is 24.5. The molecule has 0 radical (unpaired) electrons. The Morgan fingerprint density at radius 1 is 0.800 bits per heavy atom. The van der Waals surface area contributed by atoms with Crippen LogP contribution < -0.4 is 0 Å². The predicted molar refractivity (Wildman–Crippen MR) is 280 cm³/mol. The summed E-state index contributed by atoms with van der Waals surface area (Å²) in [5, 5.41) is 12.1. The molecule has 14 atom stereocenters. The van der Waals surface area contributed by atoms with E-state index < -0.39 is 88.5 Å². The Labute approximate surface area is 425 Å². The van der Waals surface area contributed by atoms with Gasteiger partial charge in [-0.25, -0.2) is 4.79 Å². The number of piperidine rings is 1. The summed E-state index contributed by atoms with van der Waals surface area (Å²) < 4.78 is 45.4. The van der Waals surface area contributed by atoms with Crippen LogP contribution in [0.5, 0.6) is 0 Å². The van der Waals surface area contributed by atoms with Crippen LogP contribution >= 0.6 is 0 Å². The Morgan fingerprint density at radius 2 is 1.37 bits per heavy atom. The first kappa shape index (κ1) is 60.5. The third-order valence-electron chi connectivity index (χ3n) is 17.3. The number of hydrogen-bond donors (Lipinski definition) is 1. The average molecular weight is 1020 g/mol.